The lowest BCUT2D eigenvalue weighted by Crippen LogP contribution is -2.41. The Hall–Kier alpha value is -3.50. The Balaban J connectivity index is 1.19. The second kappa shape index (κ2) is 9.42. The number of carbonyl (C=O) groups excluding carboxylic acids is 2. The third kappa shape index (κ3) is 4.44. The van der Waals surface area contributed by atoms with Crippen molar-refractivity contribution in [2.24, 2.45) is 23.5 Å². The molecule has 3 heterocycles. The standard InChI is InChI=1S/C27H31N7O2S/c1-33(2)19-9-11-34(14-19)26(36)15-5-7-18(8-6-15)29-27-30-20-10-12-37-23(20)25(32-27)31-22-17-4-3-16(13-17)21(22)24(28)35/h3-8,10,12,16-17,19,21-22H,9,11,13-14H2,1-2H3,(H2,28,35)(H2,29,30,31,32)/t16?,17?,19-,21?,22?/m1/s1. The number of hydrogen-bond donors (Lipinski definition) is 3. The molecule has 9 nitrogen and oxygen atoms in total. The second-order valence-electron chi connectivity index (χ2n) is 10.4. The molecule has 4 N–H and O–H groups in total. The van der Waals surface area contributed by atoms with Gasteiger partial charge in [0, 0.05) is 36.4 Å². The molecule has 2 aromatic heterocycles. The number of nitrogens with two attached hydrogens (primary N) is 1. The first-order valence-electron chi connectivity index (χ1n) is 12.7. The summed E-state index contributed by atoms with van der Waals surface area (Å²) in [5, 5.41) is 8.81. The number of anilines is 3. The molecule has 1 saturated carbocycles. The highest BCUT2D eigenvalue weighted by Crippen LogP contribution is 2.45. The Morgan fingerprint density at radius 3 is 2.62 bits per heavy atom. The largest absolute Gasteiger partial charge is 0.369 e. The van der Waals surface area contributed by atoms with Crippen LogP contribution in [0.25, 0.3) is 10.2 Å². The summed E-state index contributed by atoms with van der Waals surface area (Å²) in [6.45, 7) is 1.53. The summed E-state index contributed by atoms with van der Waals surface area (Å²) in [7, 11) is 4.11. The Morgan fingerprint density at radius 2 is 1.89 bits per heavy atom. The highest BCUT2D eigenvalue weighted by Gasteiger charge is 2.47. The van der Waals surface area contributed by atoms with Gasteiger partial charge in [0.25, 0.3) is 5.91 Å². The summed E-state index contributed by atoms with van der Waals surface area (Å²) in [4.78, 5) is 38.7. The molecule has 5 atom stereocenters. The number of carbonyl (C=O) groups is 2. The Bertz CT molecular complexity index is 1370. The lowest BCUT2D eigenvalue weighted by atomic mass is 9.88. The highest BCUT2D eigenvalue weighted by atomic mass is 32.1. The molecular weight excluding hydrogens is 486 g/mol. The van der Waals surface area contributed by atoms with Gasteiger partial charge in [-0.3, -0.25) is 9.59 Å². The molecule has 4 unspecified atom stereocenters. The van der Waals surface area contributed by atoms with Crippen molar-refractivity contribution in [3.63, 3.8) is 0 Å². The van der Waals surface area contributed by atoms with Crippen molar-refractivity contribution in [3.05, 3.63) is 53.4 Å². The van der Waals surface area contributed by atoms with Crippen LogP contribution in [0.15, 0.2) is 47.9 Å². The molecular formula is C27H31N7O2S. The Morgan fingerprint density at radius 1 is 1.11 bits per heavy atom. The van der Waals surface area contributed by atoms with Gasteiger partial charge in [-0.1, -0.05) is 12.2 Å². The van der Waals surface area contributed by atoms with Crippen LogP contribution in [-0.2, 0) is 4.79 Å². The van der Waals surface area contributed by atoms with Gasteiger partial charge in [-0.2, -0.15) is 4.98 Å². The van der Waals surface area contributed by atoms with Crippen LogP contribution in [0, 0.1) is 17.8 Å². The first-order chi connectivity index (χ1) is 17.9. The number of thiophene rings is 1. The van der Waals surface area contributed by atoms with E-state index in [2.05, 4.69) is 46.8 Å². The van der Waals surface area contributed by atoms with E-state index in [-0.39, 0.29) is 35.6 Å². The molecule has 1 saturated heterocycles. The van der Waals surface area contributed by atoms with Crippen molar-refractivity contribution in [3.8, 4) is 0 Å². The number of primary amides is 1. The number of rotatable bonds is 7. The van der Waals surface area contributed by atoms with E-state index in [1.165, 1.54) is 0 Å². The molecule has 3 aromatic rings. The molecule has 37 heavy (non-hydrogen) atoms. The number of nitrogens with one attached hydrogen (secondary N) is 2. The minimum atomic E-state index is -0.273. The summed E-state index contributed by atoms with van der Waals surface area (Å²) in [6.07, 6.45) is 6.23. The van der Waals surface area contributed by atoms with Crippen LogP contribution >= 0.6 is 11.3 Å². The maximum atomic E-state index is 13.0. The van der Waals surface area contributed by atoms with Crippen molar-refractivity contribution in [1.82, 2.24) is 19.8 Å². The molecule has 0 radical (unpaired) electrons. The van der Waals surface area contributed by atoms with Gasteiger partial charge in [0.05, 0.1) is 16.1 Å². The molecule has 1 aromatic carbocycles. The van der Waals surface area contributed by atoms with Gasteiger partial charge in [0.2, 0.25) is 11.9 Å². The first-order valence-corrected chi connectivity index (χ1v) is 13.6. The second-order valence-corrected chi connectivity index (χ2v) is 11.4. The Kier molecular flexibility index (Phi) is 6.08. The van der Waals surface area contributed by atoms with E-state index in [1.807, 2.05) is 40.6 Å². The van der Waals surface area contributed by atoms with Gasteiger partial charge in [0.1, 0.15) is 5.82 Å². The van der Waals surface area contributed by atoms with E-state index in [0.29, 0.717) is 23.4 Å². The van der Waals surface area contributed by atoms with Crippen molar-refractivity contribution in [2.45, 2.75) is 24.9 Å². The molecule has 2 bridgehead atoms. The minimum absolute atomic E-state index is 0.0576. The van der Waals surface area contributed by atoms with Crippen LogP contribution in [0.3, 0.4) is 0 Å². The highest BCUT2D eigenvalue weighted by molar-refractivity contribution is 7.17. The molecule has 0 spiro atoms. The number of likely N-dealkylation sites (N-methyl/N-ethyl adjacent to an activating group) is 1. The van der Waals surface area contributed by atoms with Crippen LogP contribution in [0.1, 0.15) is 23.2 Å². The smallest absolute Gasteiger partial charge is 0.253 e. The molecule has 1 aliphatic heterocycles. The van der Waals surface area contributed by atoms with E-state index in [4.69, 9.17) is 10.7 Å². The van der Waals surface area contributed by atoms with Crippen molar-refractivity contribution < 1.29 is 9.59 Å². The summed E-state index contributed by atoms with van der Waals surface area (Å²) in [5.41, 5.74) is 8.05. The molecule has 10 heteroatoms. The van der Waals surface area contributed by atoms with Crippen LogP contribution in [-0.4, -0.2) is 70.9 Å². The first kappa shape index (κ1) is 23.9. The zero-order chi connectivity index (χ0) is 25.7. The topological polar surface area (TPSA) is 116 Å². The maximum absolute atomic E-state index is 13.0. The van der Waals surface area contributed by atoms with E-state index in [1.54, 1.807) is 11.3 Å². The number of amides is 2. The van der Waals surface area contributed by atoms with Gasteiger partial charge >= 0.3 is 0 Å². The fourth-order valence-electron chi connectivity index (χ4n) is 5.94. The van der Waals surface area contributed by atoms with E-state index in [0.717, 1.165) is 41.8 Å². The third-order valence-electron chi connectivity index (χ3n) is 7.96. The average molecular weight is 518 g/mol. The number of fused-ring (bicyclic) bond motifs is 3. The van der Waals surface area contributed by atoms with E-state index in [9.17, 15) is 9.59 Å². The quantitative estimate of drug-likeness (QED) is 0.412. The van der Waals surface area contributed by atoms with Crippen LogP contribution < -0.4 is 16.4 Å². The van der Waals surface area contributed by atoms with Gasteiger partial charge < -0.3 is 26.2 Å². The van der Waals surface area contributed by atoms with Gasteiger partial charge in [-0.15, -0.1) is 11.3 Å². The maximum Gasteiger partial charge on any atom is 0.253 e. The fourth-order valence-corrected chi connectivity index (χ4v) is 6.72. The number of likely N-dealkylation sites (tertiary alicyclic amines) is 1. The molecule has 2 amide bonds. The molecule has 6 rings (SSSR count). The van der Waals surface area contributed by atoms with Crippen molar-refractivity contribution in [2.75, 3.05) is 37.8 Å². The number of benzene rings is 1. The van der Waals surface area contributed by atoms with Gasteiger partial charge in [-0.25, -0.2) is 4.98 Å². The SMILES string of the molecule is CN(C)[C@@H]1CCN(C(=O)c2ccc(Nc3nc(NC4C5C=CC(C5)C4C(N)=O)c4sccc4n3)cc2)C1. The molecule has 3 aliphatic rings. The van der Waals surface area contributed by atoms with E-state index < -0.39 is 0 Å². The van der Waals surface area contributed by atoms with Crippen molar-refractivity contribution >= 4 is 50.8 Å². The van der Waals surface area contributed by atoms with Crippen LogP contribution in [0.4, 0.5) is 17.5 Å². The minimum Gasteiger partial charge on any atom is -0.369 e. The molecule has 2 aliphatic carbocycles. The van der Waals surface area contributed by atoms with E-state index >= 15 is 0 Å². The van der Waals surface area contributed by atoms with Gasteiger partial charge in [-0.05, 0) is 74.5 Å². The predicted octanol–water partition coefficient (Wildman–Crippen LogP) is 3.30. The third-order valence-corrected chi connectivity index (χ3v) is 8.87. The molecule has 192 valence electrons. The molecule has 2 fully saturated rings. The Labute approximate surface area is 219 Å². The summed E-state index contributed by atoms with van der Waals surface area (Å²) in [6, 6.07) is 9.73. The van der Waals surface area contributed by atoms with Crippen molar-refractivity contribution in [1.29, 1.82) is 0 Å². The zero-order valence-electron chi connectivity index (χ0n) is 20.9. The van der Waals surface area contributed by atoms with Gasteiger partial charge in [0.15, 0.2) is 0 Å². The lowest BCUT2D eigenvalue weighted by Gasteiger charge is -2.27. The summed E-state index contributed by atoms with van der Waals surface area (Å²) in [5.74, 6) is 1.15. The van der Waals surface area contributed by atoms with Crippen LogP contribution in [0.5, 0.6) is 0 Å². The average Bonchev–Trinajstić information content (AvgIpc) is 3.68. The summed E-state index contributed by atoms with van der Waals surface area (Å²) >= 11 is 1.57. The predicted molar refractivity (Wildman–Crippen MR) is 146 cm³/mol. The number of hydrogen-bond acceptors (Lipinski definition) is 8. The lowest BCUT2D eigenvalue weighted by molar-refractivity contribution is -0.122. The number of aromatic nitrogens is 2. The zero-order valence-corrected chi connectivity index (χ0v) is 21.7. The normalized spacial score (nSPS) is 26.4. The fraction of sp³-hybridized carbons (Fsp3) is 0.407. The monoisotopic (exact) mass is 517 g/mol. The summed E-state index contributed by atoms with van der Waals surface area (Å²) < 4.78 is 0.947. The number of nitrogens with zero attached hydrogens (tertiary/aromatic N) is 4. The number of allylic oxidation sites excluding steroid dienone is 1. The van der Waals surface area contributed by atoms with Crippen LogP contribution in [0.2, 0.25) is 0 Å².